The Labute approximate surface area is 107 Å². The van der Waals surface area contributed by atoms with E-state index in [2.05, 4.69) is 10.1 Å². The van der Waals surface area contributed by atoms with Crippen LogP contribution in [0.1, 0.15) is 5.82 Å². The maximum atomic E-state index is 11.9. The Hall–Kier alpha value is -2.63. The van der Waals surface area contributed by atoms with Gasteiger partial charge in [0.1, 0.15) is 16.9 Å². The third-order valence-corrected chi connectivity index (χ3v) is 2.70. The van der Waals surface area contributed by atoms with Crippen molar-refractivity contribution >= 4 is 11.0 Å². The molecule has 0 bridgehead atoms. The molecule has 1 aromatic carbocycles. The van der Waals surface area contributed by atoms with Crippen LogP contribution in [0, 0.1) is 6.92 Å². The smallest absolute Gasteiger partial charge is 0.349 e. The lowest BCUT2D eigenvalue weighted by molar-refractivity contribution is 0.413. The van der Waals surface area contributed by atoms with Gasteiger partial charge >= 0.3 is 5.63 Å². The minimum absolute atomic E-state index is 0.156. The van der Waals surface area contributed by atoms with Gasteiger partial charge in [-0.25, -0.2) is 4.79 Å². The van der Waals surface area contributed by atoms with E-state index in [-0.39, 0.29) is 11.5 Å². The molecule has 0 spiro atoms. The summed E-state index contributed by atoms with van der Waals surface area (Å²) in [4.78, 5) is 15.9. The Kier molecular flexibility index (Phi) is 2.56. The number of aryl methyl sites for hydroxylation is 1. The van der Waals surface area contributed by atoms with Crippen molar-refractivity contribution in [3.63, 3.8) is 0 Å². The van der Waals surface area contributed by atoms with Crippen molar-refractivity contribution < 1.29 is 13.7 Å². The van der Waals surface area contributed by atoms with Gasteiger partial charge < -0.3 is 13.7 Å². The van der Waals surface area contributed by atoms with E-state index < -0.39 is 5.63 Å². The molecule has 2 heterocycles. The Morgan fingerprint density at radius 3 is 2.79 bits per heavy atom. The standard InChI is InChI=1S/C13H10N2O4/c1-7-14-12(19-15-7)10-5-8-3-4-9(17-2)6-11(8)18-13(10)16/h3-6H,1-2H3. The molecule has 0 aliphatic rings. The first-order chi connectivity index (χ1) is 9.17. The van der Waals surface area contributed by atoms with Crippen LogP contribution in [0.4, 0.5) is 0 Å². The molecule has 0 fully saturated rings. The molecule has 3 aromatic rings. The van der Waals surface area contributed by atoms with Crippen molar-refractivity contribution in [2.24, 2.45) is 0 Å². The van der Waals surface area contributed by atoms with E-state index in [1.54, 1.807) is 38.3 Å². The van der Waals surface area contributed by atoms with Crippen molar-refractivity contribution in [3.8, 4) is 17.2 Å². The first-order valence-electron chi connectivity index (χ1n) is 5.60. The second-order valence-corrected chi connectivity index (χ2v) is 4.00. The molecule has 96 valence electrons. The quantitative estimate of drug-likeness (QED) is 0.655. The lowest BCUT2D eigenvalue weighted by Gasteiger charge is -2.02. The lowest BCUT2D eigenvalue weighted by Crippen LogP contribution is -2.03. The van der Waals surface area contributed by atoms with Crippen molar-refractivity contribution in [1.82, 2.24) is 10.1 Å². The number of benzene rings is 1. The molecule has 0 unspecified atom stereocenters. The fourth-order valence-corrected chi connectivity index (χ4v) is 1.77. The van der Waals surface area contributed by atoms with Crippen molar-refractivity contribution in [2.75, 3.05) is 7.11 Å². The summed E-state index contributed by atoms with van der Waals surface area (Å²) in [7, 11) is 1.55. The number of methoxy groups -OCH3 is 1. The van der Waals surface area contributed by atoms with Gasteiger partial charge in [-0.3, -0.25) is 0 Å². The number of fused-ring (bicyclic) bond motifs is 1. The Morgan fingerprint density at radius 1 is 1.26 bits per heavy atom. The summed E-state index contributed by atoms with van der Waals surface area (Å²) in [6.07, 6.45) is 0. The van der Waals surface area contributed by atoms with Crippen LogP contribution in [0.25, 0.3) is 22.4 Å². The molecular weight excluding hydrogens is 248 g/mol. The van der Waals surface area contributed by atoms with Crippen molar-refractivity contribution in [1.29, 1.82) is 0 Å². The minimum Gasteiger partial charge on any atom is -0.497 e. The van der Waals surface area contributed by atoms with Crippen LogP contribution in [0.3, 0.4) is 0 Å². The molecule has 19 heavy (non-hydrogen) atoms. The SMILES string of the molecule is COc1ccc2cc(-c3nc(C)no3)c(=O)oc2c1. The summed E-state index contributed by atoms with van der Waals surface area (Å²) in [6.45, 7) is 1.68. The first-order valence-corrected chi connectivity index (χ1v) is 5.60. The predicted octanol–water partition coefficient (Wildman–Crippen LogP) is 2.16. The van der Waals surface area contributed by atoms with Crippen molar-refractivity contribution in [2.45, 2.75) is 6.92 Å². The van der Waals surface area contributed by atoms with E-state index in [0.29, 0.717) is 17.2 Å². The van der Waals surface area contributed by atoms with Crippen molar-refractivity contribution in [3.05, 3.63) is 40.5 Å². The summed E-state index contributed by atoms with van der Waals surface area (Å²) in [5, 5.41) is 4.41. The van der Waals surface area contributed by atoms with E-state index >= 15 is 0 Å². The topological polar surface area (TPSA) is 78.4 Å². The third kappa shape index (κ3) is 1.97. The maximum Gasteiger partial charge on any atom is 0.349 e. The van der Waals surface area contributed by atoms with Crippen LogP contribution < -0.4 is 10.4 Å². The number of aromatic nitrogens is 2. The number of nitrogens with zero attached hydrogens (tertiary/aromatic N) is 2. The summed E-state index contributed by atoms with van der Waals surface area (Å²) >= 11 is 0. The first kappa shape index (κ1) is 11.5. The molecule has 0 amide bonds. The molecule has 6 nitrogen and oxygen atoms in total. The predicted molar refractivity (Wildman–Crippen MR) is 67.1 cm³/mol. The van der Waals surface area contributed by atoms with Gasteiger partial charge in [-0.2, -0.15) is 4.98 Å². The van der Waals surface area contributed by atoms with Gasteiger partial charge in [0.05, 0.1) is 7.11 Å². The Balaban J connectivity index is 2.22. The van der Waals surface area contributed by atoms with E-state index in [0.717, 1.165) is 5.39 Å². The Bertz CT molecular complexity index is 804. The van der Waals surface area contributed by atoms with E-state index in [1.807, 2.05) is 0 Å². The maximum absolute atomic E-state index is 11.9. The molecule has 0 saturated carbocycles. The van der Waals surface area contributed by atoms with Crippen LogP contribution in [0.5, 0.6) is 5.75 Å². The average molecular weight is 258 g/mol. The lowest BCUT2D eigenvalue weighted by atomic mass is 10.2. The molecule has 3 rings (SSSR count). The summed E-state index contributed by atoms with van der Waals surface area (Å²) < 4.78 is 15.3. The Morgan fingerprint density at radius 2 is 2.11 bits per heavy atom. The minimum atomic E-state index is -0.524. The van der Waals surface area contributed by atoms with Gasteiger partial charge in [0, 0.05) is 11.5 Å². The molecule has 0 aliphatic carbocycles. The summed E-state index contributed by atoms with van der Waals surface area (Å²) in [5.74, 6) is 1.24. The zero-order chi connectivity index (χ0) is 13.4. The number of hydrogen-bond donors (Lipinski definition) is 0. The molecule has 0 radical (unpaired) electrons. The monoisotopic (exact) mass is 258 g/mol. The average Bonchev–Trinajstić information content (AvgIpc) is 2.83. The van der Waals surface area contributed by atoms with Gasteiger partial charge in [0.25, 0.3) is 5.89 Å². The highest BCUT2D eigenvalue weighted by atomic mass is 16.5. The van der Waals surface area contributed by atoms with Gasteiger partial charge in [-0.05, 0) is 25.1 Å². The van der Waals surface area contributed by atoms with Gasteiger partial charge in [0.2, 0.25) is 0 Å². The molecule has 0 saturated heterocycles. The zero-order valence-corrected chi connectivity index (χ0v) is 10.3. The van der Waals surface area contributed by atoms with Gasteiger partial charge in [-0.15, -0.1) is 0 Å². The highest BCUT2D eigenvalue weighted by Gasteiger charge is 2.14. The normalized spacial score (nSPS) is 10.8. The highest BCUT2D eigenvalue weighted by molar-refractivity contribution is 5.81. The third-order valence-electron chi connectivity index (χ3n) is 2.70. The van der Waals surface area contributed by atoms with Crippen LogP contribution in [0.2, 0.25) is 0 Å². The van der Waals surface area contributed by atoms with Gasteiger partial charge in [-0.1, -0.05) is 5.16 Å². The van der Waals surface area contributed by atoms with Crippen LogP contribution in [-0.4, -0.2) is 17.3 Å². The molecule has 0 N–H and O–H groups in total. The number of rotatable bonds is 2. The van der Waals surface area contributed by atoms with Crippen LogP contribution >= 0.6 is 0 Å². The zero-order valence-electron chi connectivity index (χ0n) is 10.3. The second-order valence-electron chi connectivity index (χ2n) is 4.00. The molecule has 6 heteroatoms. The summed E-state index contributed by atoms with van der Waals surface area (Å²) in [5.41, 5.74) is 0.173. The van der Waals surface area contributed by atoms with Crippen LogP contribution in [-0.2, 0) is 0 Å². The fourth-order valence-electron chi connectivity index (χ4n) is 1.77. The van der Waals surface area contributed by atoms with E-state index in [1.165, 1.54) is 0 Å². The van der Waals surface area contributed by atoms with E-state index in [4.69, 9.17) is 13.7 Å². The molecular formula is C13H10N2O4. The number of hydrogen-bond acceptors (Lipinski definition) is 6. The molecule has 0 aliphatic heterocycles. The van der Waals surface area contributed by atoms with E-state index in [9.17, 15) is 4.79 Å². The second kappa shape index (κ2) is 4.24. The highest BCUT2D eigenvalue weighted by Crippen LogP contribution is 2.23. The van der Waals surface area contributed by atoms with Gasteiger partial charge in [0.15, 0.2) is 5.82 Å². The largest absolute Gasteiger partial charge is 0.497 e. The molecule has 2 aromatic heterocycles. The summed E-state index contributed by atoms with van der Waals surface area (Å²) in [6, 6.07) is 6.89. The fraction of sp³-hybridized carbons (Fsp3) is 0.154. The van der Waals surface area contributed by atoms with Crippen LogP contribution in [0.15, 0.2) is 38.0 Å². The number of ether oxygens (including phenoxy) is 1. The molecule has 0 atom stereocenters.